The number of fused-ring (bicyclic) bond motifs is 1. The van der Waals surface area contributed by atoms with Gasteiger partial charge < -0.3 is 9.73 Å². The minimum atomic E-state index is -1.25. The van der Waals surface area contributed by atoms with Crippen LogP contribution in [0.25, 0.3) is 11.0 Å². The first-order chi connectivity index (χ1) is 13.3. The Morgan fingerprint density at radius 1 is 1.14 bits per heavy atom. The van der Waals surface area contributed by atoms with Crippen LogP contribution in [-0.4, -0.2) is 21.8 Å². The van der Waals surface area contributed by atoms with E-state index in [0.717, 1.165) is 16.0 Å². The number of nitrogens with zero attached hydrogens (tertiary/aromatic N) is 2. The summed E-state index contributed by atoms with van der Waals surface area (Å²) in [6.07, 6.45) is 1.57. The molecular formula is C21H19N3O4. The number of carbonyl (C=O) groups is 2. The number of carbonyl (C=O) groups excluding carboxylic acids is 2. The summed E-state index contributed by atoms with van der Waals surface area (Å²) in [6, 6.07) is 9.76. The van der Waals surface area contributed by atoms with Gasteiger partial charge in [-0.3, -0.25) is 14.7 Å². The van der Waals surface area contributed by atoms with Gasteiger partial charge in [-0.25, -0.2) is 9.59 Å². The molecule has 0 unspecified atom stereocenters. The highest BCUT2D eigenvalue weighted by atomic mass is 16.4. The zero-order chi connectivity index (χ0) is 20.1. The van der Waals surface area contributed by atoms with Crippen molar-refractivity contribution in [3.8, 4) is 0 Å². The molecule has 1 aliphatic rings. The van der Waals surface area contributed by atoms with E-state index in [4.69, 9.17) is 4.42 Å². The molecule has 1 atom stereocenters. The first kappa shape index (κ1) is 17.9. The molecule has 142 valence electrons. The number of aryl methyl sites for hydroxylation is 2. The van der Waals surface area contributed by atoms with E-state index in [1.807, 2.05) is 26.0 Å². The van der Waals surface area contributed by atoms with Gasteiger partial charge >= 0.3 is 11.7 Å². The molecule has 3 amide bonds. The van der Waals surface area contributed by atoms with Gasteiger partial charge in [0.2, 0.25) is 0 Å². The van der Waals surface area contributed by atoms with Crippen molar-refractivity contribution >= 4 is 22.9 Å². The van der Waals surface area contributed by atoms with Gasteiger partial charge in [0.25, 0.3) is 5.91 Å². The van der Waals surface area contributed by atoms with Crippen LogP contribution in [-0.2, 0) is 16.9 Å². The largest absolute Gasteiger partial charge is 0.422 e. The van der Waals surface area contributed by atoms with Crippen LogP contribution in [0.1, 0.15) is 29.3 Å². The first-order valence-corrected chi connectivity index (χ1v) is 8.90. The number of imide groups is 1. The molecule has 7 nitrogen and oxygen atoms in total. The molecule has 2 aromatic heterocycles. The summed E-state index contributed by atoms with van der Waals surface area (Å²) in [5.74, 6) is -0.415. The van der Waals surface area contributed by atoms with Crippen LogP contribution < -0.4 is 10.9 Å². The lowest BCUT2D eigenvalue weighted by atomic mass is 9.97. The third-order valence-electron chi connectivity index (χ3n) is 5.30. The molecule has 0 bridgehead atoms. The van der Waals surface area contributed by atoms with Crippen molar-refractivity contribution in [2.24, 2.45) is 0 Å². The van der Waals surface area contributed by atoms with Gasteiger partial charge in [-0.2, -0.15) is 0 Å². The van der Waals surface area contributed by atoms with Crippen molar-refractivity contribution < 1.29 is 14.0 Å². The highest BCUT2D eigenvalue weighted by molar-refractivity contribution is 6.07. The van der Waals surface area contributed by atoms with Crippen LogP contribution in [0.15, 0.2) is 51.8 Å². The predicted octanol–water partition coefficient (Wildman–Crippen LogP) is 2.77. The van der Waals surface area contributed by atoms with Crippen molar-refractivity contribution in [1.82, 2.24) is 15.2 Å². The normalized spacial score (nSPS) is 19.3. The predicted molar refractivity (Wildman–Crippen MR) is 103 cm³/mol. The lowest BCUT2D eigenvalue weighted by molar-refractivity contribution is -0.131. The number of nitrogens with one attached hydrogen (secondary N) is 1. The topological polar surface area (TPSA) is 92.5 Å². The monoisotopic (exact) mass is 377 g/mol. The Morgan fingerprint density at radius 3 is 2.64 bits per heavy atom. The maximum absolute atomic E-state index is 13.1. The highest BCUT2D eigenvalue weighted by Crippen LogP contribution is 2.30. The SMILES string of the molecule is Cc1ccc2c(CN3C(=O)N[C@](C)(c4ccccn4)C3=O)cc(=O)oc2c1C. The fourth-order valence-electron chi connectivity index (χ4n) is 3.50. The second-order valence-corrected chi connectivity index (χ2v) is 7.14. The van der Waals surface area contributed by atoms with E-state index in [-0.39, 0.29) is 6.54 Å². The molecule has 0 radical (unpaired) electrons. The summed E-state index contributed by atoms with van der Waals surface area (Å²) in [4.78, 5) is 43.1. The van der Waals surface area contributed by atoms with Crippen molar-refractivity contribution in [3.63, 3.8) is 0 Å². The molecule has 0 saturated carbocycles. The van der Waals surface area contributed by atoms with Crippen molar-refractivity contribution in [1.29, 1.82) is 0 Å². The minimum absolute atomic E-state index is 0.0301. The zero-order valence-corrected chi connectivity index (χ0v) is 15.8. The third kappa shape index (κ3) is 2.67. The second-order valence-electron chi connectivity index (χ2n) is 7.14. The molecule has 1 aromatic carbocycles. The van der Waals surface area contributed by atoms with E-state index in [1.165, 1.54) is 6.07 Å². The van der Waals surface area contributed by atoms with Crippen LogP contribution in [0.5, 0.6) is 0 Å². The third-order valence-corrected chi connectivity index (χ3v) is 5.30. The Kier molecular flexibility index (Phi) is 4.03. The van der Waals surface area contributed by atoms with Crippen molar-refractivity contribution in [2.45, 2.75) is 32.9 Å². The zero-order valence-electron chi connectivity index (χ0n) is 15.8. The molecule has 0 aliphatic carbocycles. The van der Waals surface area contributed by atoms with Gasteiger partial charge in [-0.15, -0.1) is 0 Å². The molecule has 1 aliphatic heterocycles. The number of pyridine rings is 1. The number of amides is 3. The van der Waals surface area contributed by atoms with Crippen LogP contribution in [0.2, 0.25) is 0 Å². The van der Waals surface area contributed by atoms with Crippen LogP contribution in [0.4, 0.5) is 4.79 Å². The summed E-state index contributed by atoms with van der Waals surface area (Å²) in [6.45, 7) is 5.39. The van der Waals surface area contributed by atoms with Crippen LogP contribution >= 0.6 is 0 Å². The number of hydrogen-bond acceptors (Lipinski definition) is 5. The number of hydrogen-bond donors (Lipinski definition) is 1. The smallest absolute Gasteiger partial charge is 0.336 e. The average molecular weight is 377 g/mol. The van der Waals surface area contributed by atoms with Crippen LogP contribution in [0, 0.1) is 13.8 Å². The van der Waals surface area contributed by atoms with Gasteiger partial charge in [-0.05, 0) is 49.6 Å². The standard InChI is InChI=1S/C21H19N3O4/c1-12-7-8-15-14(10-17(25)28-18(15)13(12)2)11-24-19(26)21(3,23-20(24)27)16-6-4-5-9-22-16/h4-10H,11H2,1-3H3,(H,23,27)/t21-/m1/s1. The molecule has 0 spiro atoms. The molecule has 3 aromatic rings. The number of aromatic nitrogens is 1. The summed E-state index contributed by atoms with van der Waals surface area (Å²) in [5.41, 5.74) is 1.57. The molecule has 1 N–H and O–H groups in total. The number of urea groups is 1. The summed E-state index contributed by atoms with van der Waals surface area (Å²) < 4.78 is 5.37. The molecule has 1 saturated heterocycles. The molecule has 28 heavy (non-hydrogen) atoms. The number of rotatable bonds is 3. The Hall–Kier alpha value is -3.48. The molecular weight excluding hydrogens is 358 g/mol. The van der Waals surface area contributed by atoms with E-state index in [2.05, 4.69) is 10.3 Å². The van der Waals surface area contributed by atoms with Gasteiger partial charge in [0.1, 0.15) is 5.58 Å². The molecule has 7 heteroatoms. The lowest BCUT2D eigenvalue weighted by Crippen LogP contribution is -2.41. The van der Waals surface area contributed by atoms with E-state index in [1.54, 1.807) is 31.3 Å². The van der Waals surface area contributed by atoms with Crippen molar-refractivity contribution in [3.05, 3.63) is 75.4 Å². The van der Waals surface area contributed by atoms with E-state index >= 15 is 0 Å². The first-order valence-electron chi connectivity index (χ1n) is 8.90. The lowest BCUT2D eigenvalue weighted by Gasteiger charge is -2.21. The van der Waals surface area contributed by atoms with E-state index < -0.39 is 23.1 Å². The Morgan fingerprint density at radius 2 is 1.93 bits per heavy atom. The summed E-state index contributed by atoms with van der Waals surface area (Å²) >= 11 is 0. The quantitative estimate of drug-likeness (QED) is 0.560. The van der Waals surface area contributed by atoms with Gasteiger partial charge in [0.15, 0.2) is 5.54 Å². The fourth-order valence-corrected chi connectivity index (χ4v) is 3.50. The fraction of sp³-hybridized carbons (Fsp3) is 0.238. The summed E-state index contributed by atoms with van der Waals surface area (Å²) in [7, 11) is 0. The Bertz CT molecular complexity index is 1170. The second kappa shape index (κ2) is 6.30. The Balaban J connectivity index is 1.76. The molecule has 3 heterocycles. The molecule has 4 rings (SSSR count). The van der Waals surface area contributed by atoms with E-state index in [0.29, 0.717) is 22.2 Å². The highest BCUT2D eigenvalue weighted by Gasteiger charge is 2.50. The maximum Gasteiger partial charge on any atom is 0.336 e. The average Bonchev–Trinajstić information content (AvgIpc) is 2.90. The summed E-state index contributed by atoms with van der Waals surface area (Å²) in [5, 5.41) is 3.43. The van der Waals surface area contributed by atoms with Gasteiger partial charge in [0, 0.05) is 17.6 Å². The Labute approximate surface area is 161 Å². The van der Waals surface area contributed by atoms with Gasteiger partial charge in [-0.1, -0.05) is 18.2 Å². The van der Waals surface area contributed by atoms with Gasteiger partial charge in [0.05, 0.1) is 12.2 Å². The molecule has 1 fully saturated rings. The van der Waals surface area contributed by atoms with Crippen LogP contribution in [0.3, 0.4) is 0 Å². The number of benzene rings is 1. The van der Waals surface area contributed by atoms with Crippen molar-refractivity contribution in [2.75, 3.05) is 0 Å². The minimum Gasteiger partial charge on any atom is -0.422 e. The van der Waals surface area contributed by atoms with E-state index in [9.17, 15) is 14.4 Å². The maximum atomic E-state index is 13.1.